The average Bonchev–Trinajstić information content (AvgIpc) is 3.49. The number of esters is 1. The summed E-state index contributed by atoms with van der Waals surface area (Å²) >= 11 is 0. The van der Waals surface area contributed by atoms with Gasteiger partial charge in [0.05, 0.1) is 11.8 Å². The van der Waals surface area contributed by atoms with Crippen LogP contribution in [0, 0.1) is 42.4 Å². The van der Waals surface area contributed by atoms with E-state index in [0.29, 0.717) is 17.4 Å². The van der Waals surface area contributed by atoms with E-state index in [2.05, 4.69) is 12.2 Å². The van der Waals surface area contributed by atoms with Gasteiger partial charge in [0, 0.05) is 5.56 Å². The lowest BCUT2D eigenvalue weighted by Crippen LogP contribution is -2.45. The van der Waals surface area contributed by atoms with E-state index in [1.165, 1.54) is 6.92 Å². The van der Waals surface area contributed by atoms with Crippen molar-refractivity contribution in [2.24, 2.45) is 35.5 Å². The SMILES string of the molecule is Cc1ccc(C(=O)COC(=O)[C@H](C)N2C(=O)[C@@H]3[C@H]4C=C[C@@H]([C@@H]5C[C@H]45)[C@@H]3C2=O)cc1. The summed E-state index contributed by atoms with van der Waals surface area (Å²) in [6.45, 7) is 3.01. The largest absolute Gasteiger partial charge is 0.456 e. The van der Waals surface area contributed by atoms with E-state index in [0.717, 1.165) is 16.9 Å². The van der Waals surface area contributed by atoms with Gasteiger partial charge in [-0.25, -0.2) is 4.79 Å². The molecule has 2 saturated carbocycles. The topological polar surface area (TPSA) is 80.8 Å². The standard InChI is InChI=1S/C23H23NO5/c1-11-3-5-13(6-4-11)18(25)10-29-23(28)12(2)24-21(26)19-14-7-8-15(17-9-16(14)17)20(19)22(24)27/h3-8,12,14-17,19-20H,9-10H2,1-2H3/t12-,14-,15-,16-,17+,19-,20+/m0/s1. The number of Topliss-reactive ketones (excluding diaryl/α,β-unsaturated/α-hetero) is 1. The number of carbonyl (C=O) groups is 4. The molecule has 1 aromatic rings. The lowest BCUT2D eigenvalue weighted by molar-refractivity contribution is -0.157. The van der Waals surface area contributed by atoms with E-state index in [1.54, 1.807) is 12.1 Å². The number of hydrogen-bond acceptors (Lipinski definition) is 5. The molecule has 0 N–H and O–H groups in total. The van der Waals surface area contributed by atoms with Crippen molar-refractivity contribution < 1.29 is 23.9 Å². The highest BCUT2D eigenvalue weighted by atomic mass is 16.5. The van der Waals surface area contributed by atoms with Gasteiger partial charge in [-0.15, -0.1) is 0 Å². The van der Waals surface area contributed by atoms with Crippen LogP contribution in [0.3, 0.4) is 0 Å². The Morgan fingerprint density at radius 3 is 2.14 bits per heavy atom. The van der Waals surface area contributed by atoms with E-state index < -0.39 is 18.6 Å². The summed E-state index contributed by atoms with van der Waals surface area (Å²) in [4.78, 5) is 51.9. The van der Waals surface area contributed by atoms with Gasteiger partial charge in [0.25, 0.3) is 0 Å². The molecule has 0 aromatic heterocycles. The zero-order valence-electron chi connectivity index (χ0n) is 16.4. The third-order valence-electron chi connectivity index (χ3n) is 7.14. The third kappa shape index (κ3) is 2.69. The summed E-state index contributed by atoms with van der Waals surface area (Å²) in [6.07, 6.45) is 5.28. The van der Waals surface area contributed by atoms with E-state index >= 15 is 0 Å². The van der Waals surface area contributed by atoms with Gasteiger partial charge >= 0.3 is 5.97 Å². The van der Waals surface area contributed by atoms with Crippen molar-refractivity contribution >= 4 is 23.6 Å². The molecule has 5 aliphatic rings. The maximum absolute atomic E-state index is 13.0. The number of allylic oxidation sites excluding steroid dienone is 2. The quantitative estimate of drug-likeness (QED) is 0.331. The number of aryl methyl sites for hydroxylation is 1. The molecule has 3 fully saturated rings. The maximum atomic E-state index is 13.0. The molecule has 1 saturated heterocycles. The highest BCUT2D eigenvalue weighted by Crippen LogP contribution is 2.65. The lowest BCUT2D eigenvalue weighted by atomic mass is 9.63. The Labute approximate surface area is 168 Å². The van der Waals surface area contributed by atoms with Crippen molar-refractivity contribution in [2.45, 2.75) is 26.3 Å². The molecule has 0 unspecified atom stereocenters. The molecule has 6 rings (SSSR count). The number of hydrogen-bond donors (Lipinski definition) is 0. The fourth-order valence-corrected chi connectivity index (χ4v) is 5.55. The number of nitrogens with zero attached hydrogens (tertiary/aromatic N) is 1. The molecule has 7 atom stereocenters. The fourth-order valence-electron chi connectivity index (χ4n) is 5.55. The van der Waals surface area contributed by atoms with Crippen LogP contribution in [0.1, 0.15) is 29.3 Å². The van der Waals surface area contributed by atoms with Crippen LogP contribution in [0.15, 0.2) is 36.4 Å². The Morgan fingerprint density at radius 1 is 1.03 bits per heavy atom. The highest BCUT2D eigenvalue weighted by Gasteiger charge is 2.67. The van der Waals surface area contributed by atoms with Crippen LogP contribution in [0.2, 0.25) is 0 Å². The normalized spacial score (nSPS) is 34.6. The van der Waals surface area contributed by atoms with E-state index in [4.69, 9.17) is 4.74 Å². The van der Waals surface area contributed by atoms with E-state index in [9.17, 15) is 19.2 Å². The van der Waals surface area contributed by atoms with Crippen molar-refractivity contribution in [3.63, 3.8) is 0 Å². The van der Waals surface area contributed by atoms with E-state index in [1.807, 2.05) is 19.1 Å². The minimum atomic E-state index is -1.03. The van der Waals surface area contributed by atoms with Gasteiger partial charge in [-0.3, -0.25) is 19.3 Å². The van der Waals surface area contributed by atoms with Gasteiger partial charge in [0.15, 0.2) is 12.4 Å². The smallest absolute Gasteiger partial charge is 0.329 e. The molecule has 0 spiro atoms. The van der Waals surface area contributed by atoms with Crippen molar-refractivity contribution in [3.05, 3.63) is 47.5 Å². The molecule has 1 aliphatic heterocycles. The van der Waals surface area contributed by atoms with Gasteiger partial charge in [0.2, 0.25) is 11.8 Å². The van der Waals surface area contributed by atoms with E-state index in [-0.39, 0.29) is 41.3 Å². The molecule has 4 aliphatic carbocycles. The van der Waals surface area contributed by atoms with Crippen molar-refractivity contribution in [1.82, 2.24) is 4.90 Å². The van der Waals surface area contributed by atoms with Gasteiger partial charge < -0.3 is 4.74 Å². The number of rotatable bonds is 5. The maximum Gasteiger partial charge on any atom is 0.329 e. The average molecular weight is 393 g/mol. The van der Waals surface area contributed by atoms with Gasteiger partial charge in [-0.2, -0.15) is 0 Å². The summed E-state index contributed by atoms with van der Waals surface area (Å²) in [5, 5.41) is 0. The second kappa shape index (κ2) is 6.37. The Hall–Kier alpha value is -2.76. The third-order valence-corrected chi connectivity index (χ3v) is 7.14. The van der Waals surface area contributed by atoms with Crippen LogP contribution in [0.5, 0.6) is 0 Å². The van der Waals surface area contributed by atoms with Crippen molar-refractivity contribution in [2.75, 3.05) is 6.61 Å². The van der Waals surface area contributed by atoms with Crippen LogP contribution < -0.4 is 0 Å². The molecule has 1 heterocycles. The first-order valence-electron chi connectivity index (χ1n) is 10.2. The summed E-state index contributed by atoms with van der Waals surface area (Å²) in [5.41, 5.74) is 1.48. The minimum absolute atomic E-state index is 0.114. The zero-order valence-corrected chi connectivity index (χ0v) is 16.4. The first-order valence-corrected chi connectivity index (χ1v) is 10.2. The predicted molar refractivity (Wildman–Crippen MR) is 102 cm³/mol. The Balaban J connectivity index is 1.26. The summed E-state index contributed by atoms with van der Waals surface area (Å²) in [7, 11) is 0. The molecule has 0 radical (unpaired) electrons. The molecule has 2 bridgehead atoms. The minimum Gasteiger partial charge on any atom is -0.456 e. The first kappa shape index (κ1) is 18.3. The summed E-state index contributed by atoms with van der Waals surface area (Å²) in [5.74, 6) is -1.01. The van der Waals surface area contributed by atoms with Gasteiger partial charge in [-0.1, -0.05) is 42.0 Å². The molecule has 150 valence electrons. The number of ether oxygens (including phenoxy) is 1. The molecule has 6 heteroatoms. The lowest BCUT2D eigenvalue weighted by Gasteiger charge is -2.37. The Kier molecular flexibility index (Phi) is 4.02. The van der Waals surface area contributed by atoms with Crippen LogP contribution >= 0.6 is 0 Å². The van der Waals surface area contributed by atoms with Gasteiger partial charge in [0.1, 0.15) is 6.04 Å². The van der Waals surface area contributed by atoms with Crippen LogP contribution in [0.25, 0.3) is 0 Å². The molecule has 1 aromatic carbocycles. The number of likely N-dealkylation sites (tertiary alicyclic amines) is 1. The molecule has 29 heavy (non-hydrogen) atoms. The number of benzene rings is 1. The van der Waals surface area contributed by atoms with Crippen LogP contribution in [-0.2, 0) is 19.1 Å². The monoisotopic (exact) mass is 393 g/mol. The molecule has 2 amide bonds. The second-order valence-electron chi connectivity index (χ2n) is 8.77. The summed E-state index contributed by atoms with van der Waals surface area (Å²) in [6, 6.07) is 5.96. The van der Waals surface area contributed by atoms with Crippen molar-refractivity contribution in [1.29, 1.82) is 0 Å². The van der Waals surface area contributed by atoms with Crippen molar-refractivity contribution in [3.8, 4) is 0 Å². The molecular formula is C23H23NO5. The number of carbonyl (C=O) groups excluding carboxylic acids is 4. The Morgan fingerprint density at radius 2 is 1.59 bits per heavy atom. The zero-order chi connectivity index (χ0) is 20.4. The predicted octanol–water partition coefficient (Wildman–Crippen LogP) is 2.16. The van der Waals surface area contributed by atoms with Crippen LogP contribution in [-0.4, -0.2) is 41.1 Å². The second-order valence-corrected chi connectivity index (χ2v) is 8.77. The fraction of sp³-hybridized carbons (Fsp3) is 0.478. The van der Waals surface area contributed by atoms with Crippen LogP contribution in [0.4, 0.5) is 0 Å². The first-order chi connectivity index (χ1) is 13.9. The Bertz CT molecular complexity index is 913. The number of imide groups is 1. The number of amides is 2. The number of ketones is 1. The highest BCUT2D eigenvalue weighted by molar-refractivity contribution is 6.09. The summed E-state index contributed by atoms with van der Waals surface area (Å²) < 4.78 is 5.16. The van der Waals surface area contributed by atoms with Gasteiger partial charge in [-0.05, 0) is 43.9 Å². The molecule has 6 nitrogen and oxygen atoms in total. The molecular weight excluding hydrogens is 370 g/mol.